The molecule has 8 nitrogen and oxygen atoms in total. The Morgan fingerprint density at radius 3 is 2.55 bits per heavy atom. The third kappa shape index (κ3) is 3.21. The van der Waals surface area contributed by atoms with Crippen LogP contribution in [0.5, 0.6) is 0 Å². The molecule has 2 N–H and O–H groups in total. The predicted molar refractivity (Wildman–Crippen MR) is 81.4 cm³/mol. The van der Waals surface area contributed by atoms with Gasteiger partial charge in [0.15, 0.2) is 0 Å². The van der Waals surface area contributed by atoms with E-state index in [1.54, 1.807) is 7.11 Å². The highest BCUT2D eigenvalue weighted by molar-refractivity contribution is 7.89. The summed E-state index contributed by atoms with van der Waals surface area (Å²) in [6, 6.07) is 3.79. The van der Waals surface area contributed by atoms with Crippen LogP contribution in [-0.2, 0) is 14.8 Å². The van der Waals surface area contributed by atoms with Crippen LogP contribution in [0.3, 0.4) is 0 Å². The van der Waals surface area contributed by atoms with Crippen molar-refractivity contribution >= 4 is 21.4 Å². The molecule has 0 radical (unpaired) electrons. The Kier molecular flexibility index (Phi) is 4.69. The van der Waals surface area contributed by atoms with Crippen molar-refractivity contribution in [3.63, 3.8) is 0 Å². The van der Waals surface area contributed by atoms with E-state index in [1.807, 2.05) is 0 Å². The molecule has 2 rings (SSSR count). The highest BCUT2D eigenvalue weighted by Gasteiger charge is 2.37. The lowest BCUT2D eigenvalue weighted by Gasteiger charge is -2.40. The van der Waals surface area contributed by atoms with E-state index in [0.717, 1.165) is 25.3 Å². The number of nitro benzene ring substituents is 1. The molecule has 0 saturated heterocycles. The van der Waals surface area contributed by atoms with Gasteiger partial charge in [0, 0.05) is 19.7 Å². The second-order valence-corrected chi connectivity index (χ2v) is 7.12. The van der Waals surface area contributed by atoms with E-state index in [1.165, 1.54) is 19.2 Å². The molecule has 0 unspecified atom stereocenters. The van der Waals surface area contributed by atoms with E-state index >= 15 is 0 Å². The Hall–Kier alpha value is -1.71. The van der Waals surface area contributed by atoms with Gasteiger partial charge in [-0.2, -0.15) is 0 Å². The van der Waals surface area contributed by atoms with Gasteiger partial charge in [-0.1, -0.05) is 0 Å². The molecule has 0 aliphatic heterocycles. The summed E-state index contributed by atoms with van der Waals surface area (Å²) in [7, 11) is -0.840. The van der Waals surface area contributed by atoms with Crippen molar-refractivity contribution in [2.75, 3.05) is 26.0 Å². The van der Waals surface area contributed by atoms with Crippen LogP contribution in [0.2, 0.25) is 0 Å². The molecular formula is C13H19N3O5S. The molecule has 0 bridgehead atoms. The molecule has 0 aromatic heterocycles. The van der Waals surface area contributed by atoms with Gasteiger partial charge < -0.3 is 10.1 Å². The third-order valence-corrected chi connectivity index (χ3v) is 5.46. The van der Waals surface area contributed by atoms with Crippen molar-refractivity contribution < 1.29 is 18.1 Å². The fraction of sp³-hybridized carbons (Fsp3) is 0.538. The summed E-state index contributed by atoms with van der Waals surface area (Å²) in [6.07, 6.45) is 2.87. The minimum Gasteiger partial charge on any atom is -0.377 e. The van der Waals surface area contributed by atoms with Crippen molar-refractivity contribution in [2.24, 2.45) is 0 Å². The number of sulfonamides is 1. The fourth-order valence-electron chi connectivity index (χ4n) is 2.38. The molecule has 0 spiro atoms. The zero-order chi connectivity index (χ0) is 16.4. The van der Waals surface area contributed by atoms with Crippen molar-refractivity contribution in [3.05, 3.63) is 28.3 Å². The van der Waals surface area contributed by atoms with Crippen molar-refractivity contribution in [3.8, 4) is 0 Å². The standard InChI is InChI=1S/C13H19N3O5S/c1-14-22(19,20)10-4-5-11(12(8-10)16(17)18)15-9-13(21-2)6-3-7-13/h4-5,8,14-15H,3,6-7,9H2,1-2H3. The lowest BCUT2D eigenvalue weighted by atomic mass is 9.80. The van der Waals surface area contributed by atoms with Gasteiger partial charge in [-0.25, -0.2) is 13.1 Å². The number of anilines is 1. The lowest BCUT2D eigenvalue weighted by molar-refractivity contribution is -0.384. The lowest BCUT2D eigenvalue weighted by Crippen LogP contribution is -2.45. The smallest absolute Gasteiger partial charge is 0.293 e. The van der Waals surface area contributed by atoms with E-state index in [-0.39, 0.29) is 21.9 Å². The van der Waals surface area contributed by atoms with E-state index in [0.29, 0.717) is 6.54 Å². The second kappa shape index (κ2) is 6.19. The Morgan fingerprint density at radius 2 is 2.09 bits per heavy atom. The first-order valence-electron chi connectivity index (χ1n) is 6.84. The summed E-state index contributed by atoms with van der Waals surface area (Å²) in [6.45, 7) is 0.447. The SMILES string of the molecule is CNS(=O)(=O)c1ccc(NCC2(OC)CCC2)c([N+](=O)[O-])c1. The summed E-state index contributed by atoms with van der Waals surface area (Å²) in [5.41, 5.74) is -0.283. The average molecular weight is 329 g/mol. The second-order valence-electron chi connectivity index (χ2n) is 5.24. The monoisotopic (exact) mass is 329 g/mol. The van der Waals surface area contributed by atoms with Crippen molar-refractivity contribution in [2.45, 2.75) is 29.8 Å². The van der Waals surface area contributed by atoms with Crippen LogP contribution >= 0.6 is 0 Å². The molecule has 0 amide bonds. The highest BCUT2D eigenvalue weighted by atomic mass is 32.2. The normalized spacial score (nSPS) is 16.8. The first-order chi connectivity index (χ1) is 10.3. The van der Waals surface area contributed by atoms with Crippen molar-refractivity contribution in [1.29, 1.82) is 0 Å². The maximum Gasteiger partial charge on any atom is 0.293 e. The largest absolute Gasteiger partial charge is 0.377 e. The van der Waals surface area contributed by atoms with Gasteiger partial charge in [-0.3, -0.25) is 10.1 Å². The highest BCUT2D eigenvalue weighted by Crippen LogP contribution is 2.36. The van der Waals surface area contributed by atoms with Crippen molar-refractivity contribution in [1.82, 2.24) is 4.72 Å². The Labute approximate surface area is 129 Å². The third-order valence-electron chi connectivity index (χ3n) is 4.04. The summed E-state index contributed by atoms with van der Waals surface area (Å²) in [4.78, 5) is 10.4. The minimum absolute atomic E-state index is 0.141. The van der Waals surface area contributed by atoms with E-state index in [2.05, 4.69) is 10.0 Å². The quantitative estimate of drug-likeness (QED) is 0.579. The van der Waals surface area contributed by atoms with E-state index in [4.69, 9.17) is 4.74 Å². The first-order valence-corrected chi connectivity index (χ1v) is 8.33. The summed E-state index contributed by atoms with van der Waals surface area (Å²) >= 11 is 0. The van der Waals surface area contributed by atoms with Crippen LogP contribution in [0.25, 0.3) is 0 Å². The predicted octanol–water partition coefficient (Wildman–Crippen LogP) is 1.48. The average Bonchev–Trinajstić information content (AvgIpc) is 2.46. The van der Waals surface area contributed by atoms with Crippen LogP contribution in [0.15, 0.2) is 23.1 Å². The molecule has 9 heteroatoms. The summed E-state index contributed by atoms with van der Waals surface area (Å²) in [5, 5.41) is 14.2. The van der Waals surface area contributed by atoms with Crippen LogP contribution in [0.1, 0.15) is 19.3 Å². The molecule has 0 atom stereocenters. The van der Waals surface area contributed by atoms with Gasteiger partial charge in [0.1, 0.15) is 5.69 Å². The number of hydrogen-bond donors (Lipinski definition) is 2. The molecular weight excluding hydrogens is 310 g/mol. The molecule has 122 valence electrons. The molecule has 1 aromatic rings. The Balaban J connectivity index is 2.26. The Morgan fingerprint density at radius 1 is 1.41 bits per heavy atom. The maximum absolute atomic E-state index is 11.7. The van der Waals surface area contributed by atoms with Gasteiger partial charge in [-0.15, -0.1) is 0 Å². The zero-order valence-electron chi connectivity index (χ0n) is 12.5. The molecule has 1 fully saturated rings. The number of rotatable bonds is 7. The van der Waals surface area contributed by atoms with Gasteiger partial charge in [0.05, 0.1) is 15.4 Å². The van der Waals surface area contributed by atoms with Gasteiger partial charge >= 0.3 is 0 Å². The van der Waals surface area contributed by atoms with Crippen LogP contribution in [0, 0.1) is 10.1 Å². The number of benzene rings is 1. The molecule has 1 aliphatic rings. The molecule has 1 saturated carbocycles. The van der Waals surface area contributed by atoms with E-state index in [9.17, 15) is 18.5 Å². The van der Waals surface area contributed by atoms with Gasteiger partial charge in [-0.05, 0) is 38.4 Å². The number of nitrogens with one attached hydrogen (secondary N) is 2. The number of hydrogen-bond acceptors (Lipinski definition) is 6. The molecule has 1 aromatic carbocycles. The Bertz CT molecular complexity index is 665. The van der Waals surface area contributed by atoms with Crippen LogP contribution in [-0.4, -0.2) is 39.6 Å². The minimum atomic E-state index is -3.72. The summed E-state index contributed by atoms with van der Waals surface area (Å²) in [5.74, 6) is 0. The maximum atomic E-state index is 11.7. The number of methoxy groups -OCH3 is 1. The molecule has 0 heterocycles. The van der Waals surface area contributed by atoms with Crippen LogP contribution in [0.4, 0.5) is 11.4 Å². The van der Waals surface area contributed by atoms with Gasteiger partial charge in [0.2, 0.25) is 10.0 Å². The van der Waals surface area contributed by atoms with Crippen LogP contribution < -0.4 is 10.0 Å². The molecule has 22 heavy (non-hydrogen) atoms. The summed E-state index contributed by atoms with van der Waals surface area (Å²) < 4.78 is 31.1. The van der Waals surface area contributed by atoms with E-state index < -0.39 is 14.9 Å². The fourth-order valence-corrected chi connectivity index (χ4v) is 3.13. The number of nitrogens with zero attached hydrogens (tertiary/aromatic N) is 1. The molecule has 1 aliphatic carbocycles. The zero-order valence-corrected chi connectivity index (χ0v) is 13.3. The number of nitro groups is 1. The topological polar surface area (TPSA) is 111 Å². The first kappa shape index (κ1) is 16.7. The number of ether oxygens (including phenoxy) is 1. The van der Waals surface area contributed by atoms with Gasteiger partial charge in [0.25, 0.3) is 5.69 Å².